The number of carbonyl (C=O) groups excluding carboxylic acids is 3. The number of nitrogens with zero attached hydrogens (tertiary/aromatic N) is 3. The van der Waals surface area contributed by atoms with Gasteiger partial charge in [-0.3, -0.25) is 9.59 Å². The second-order valence-corrected chi connectivity index (χ2v) is 15.5. The zero-order valence-corrected chi connectivity index (χ0v) is 27.9. The van der Waals surface area contributed by atoms with E-state index >= 15 is 0 Å². The van der Waals surface area contributed by atoms with Crippen molar-refractivity contribution in [2.75, 3.05) is 39.0 Å². The number of carbonyl (C=O) groups is 3. The fourth-order valence-corrected chi connectivity index (χ4v) is 8.17. The Bertz CT molecular complexity index is 1430. The zero-order valence-electron chi connectivity index (χ0n) is 25.5. The zero-order chi connectivity index (χ0) is 32.0. The van der Waals surface area contributed by atoms with E-state index in [0.717, 1.165) is 30.6 Å². The van der Waals surface area contributed by atoms with E-state index in [-0.39, 0.29) is 49.2 Å². The molecule has 1 aliphatic carbocycles. The van der Waals surface area contributed by atoms with Crippen molar-refractivity contribution in [2.45, 2.75) is 69.6 Å². The number of piperazine rings is 1. The van der Waals surface area contributed by atoms with Crippen molar-refractivity contribution in [1.29, 1.82) is 0 Å². The van der Waals surface area contributed by atoms with Gasteiger partial charge in [0.25, 0.3) is 0 Å². The Morgan fingerprint density at radius 3 is 2.40 bits per heavy atom. The van der Waals surface area contributed by atoms with Crippen LogP contribution in [0.2, 0.25) is 5.02 Å². The van der Waals surface area contributed by atoms with Gasteiger partial charge in [0, 0.05) is 37.1 Å². The van der Waals surface area contributed by atoms with Crippen LogP contribution >= 0.6 is 22.9 Å². The summed E-state index contributed by atoms with van der Waals surface area (Å²) in [5, 5.41) is 8.84. The van der Waals surface area contributed by atoms with E-state index in [9.17, 15) is 22.8 Å². The summed E-state index contributed by atoms with van der Waals surface area (Å²) in [6.45, 7) is 1.32. The number of piperidine rings is 1. The predicted octanol–water partition coefficient (Wildman–Crippen LogP) is 3.69. The standard InChI is InChI=1S/C31H42ClN5O6S2/c1-45(41,42)36-15-13-22(14-16-36)28(34-23-8-3-2-4-9-23)30(39)37-18-17-35(31(40)43-27-12-6-5-11-25(27)32)21-26(37)29(38)33-20-24-10-7-19-44-24/h5-7,10-12,19,22-23,26,28,34H,2-4,8-9,13-18,20-21H2,1H3,(H,33,38)/t26-,28+/m0/s1. The quantitative estimate of drug-likeness (QED) is 0.414. The monoisotopic (exact) mass is 679 g/mol. The SMILES string of the molecule is CS(=O)(=O)N1CCC([C@@H](NC2CCCCC2)C(=O)N2CCN(C(=O)Oc3ccccc3Cl)C[C@H]2C(=O)NCc2cccs2)CC1. The van der Waals surface area contributed by atoms with Crippen LogP contribution in [0.15, 0.2) is 41.8 Å². The van der Waals surface area contributed by atoms with E-state index in [0.29, 0.717) is 37.5 Å². The van der Waals surface area contributed by atoms with E-state index in [4.69, 9.17) is 16.3 Å². The maximum atomic E-state index is 14.5. The van der Waals surface area contributed by atoms with Gasteiger partial charge in [0.1, 0.15) is 6.04 Å². The first-order valence-corrected chi connectivity index (χ1v) is 18.7. The van der Waals surface area contributed by atoms with E-state index in [1.165, 1.54) is 33.2 Å². The lowest BCUT2D eigenvalue weighted by Crippen LogP contribution is -2.66. The van der Waals surface area contributed by atoms with Crippen LogP contribution in [0.4, 0.5) is 4.79 Å². The molecule has 1 aromatic heterocycles. The first-order valence-electron chi connectivity index (χ1n) is 15.6. The number of hydrogen-bond donors (Lipinski definition) is 2. The summed E-state index contributed by atoms with van der Waals surface area (Å²) in [5.74, 6) is -0.405. The minimum Gasteiger partial charge on any atom is -0.409 e. The Morgan fingerprint density at radius 2 is 1.73 bits per heavy atom. The second-order valence-electron chi connectivity index (χ2n) is 12.1. The minimum atomic E-state index is -3.32. The van der Waals surface area contributed by atoms with Gasteiger partial charge in [-0.1, -0.05) is 49.1 Å². The molecule has 45 heavy (non-hydrogen) atoms. The van der Waals surface area contributed by atoms with Gasteiger partial charge in [-0.25, -0.2) is 17.5 Å². The van der Waals surface area contributed by atoms with Gasteiger partial charge in [-0.05, 0) is 55.2 Å². The third-order valence-corrected chi connectivity index (χ3v) is 11.5. The van der Waals surface area contributed by atoms with Crippen molar-refractivity contribution >= 4 is 50.9 Å². The van der Waals surface area contributed by atoms with Crippen molar-refractivity contribution < 1.29 is 27.5 Å². The molecule has 14 heteroatoms. The molecule has 11 nitrogen and oxygen atoms in total. The summed E-state index contributed by atoms with van der Waals surface area (Å²) in [4.78, 5) is 45.5. The van der Waals surface area contributed by atoms with Crippen molar-refractivity contribution in [1.82, 2.24) is 24.7 Å². The second kappa shape index (κ2) is 15.3. The molecular weight excluding hydrogens is 638 g/mol. The Kier molecular flexibility index (Phi) is 11.4. The highest BCUT2D eigenvalue weighted by molar-refractivity contribution is 7.88. The van der Waals surface area contributed by atoms with E-state index in [1.54, 1.807) is 29.2 Å². The number of nitrogens with one attached hydrogen (secondary N) is 2. The fraction of sp³-hybridized carbons (Fsp3) is 0.581. The molecule has 3 heterocycles. The van der Waals surface area contributed by atoms with Gasteiger partial charge >= 0.3 is 6.09 Å². The lowest BCUT2D eigenvalue weighted by Gasteiger charge is -2.44. The van der Waals surface area contributed by atoms with Gasteiger partial charge in [0.15, 0.2) is 5.75 Å². The average Bonchev–Trinajstić information content (AvgIpc) is 3.57. The topological polar surface area (TPSA) is 128 Å². The Balaban J connectivity index is 1.35. The van der Waals surface area contributed by atoms with Crippen LogP contribution in [0.1, 0.15) is 49.8 Å². The number of amides is 3. The molecule has 2 N–H and O–H groups in total. The molecule has 1 aromatic carbocycles. The van der Waals surface area contributed by atoms with Crippen LogP contribution in [0.5, 0.6) is 5.75 Å². The molecule has 2 aromatic rings. The summed E-state index contributed by atoms with van der Waals surface area (Å²) in [7, 11) is -3.32. The third kappa shape index (κ3) is 8.76. The molecular formula is C31H42ClN5O6S2. The molecule has 246 valence electrons. The van der Waals surface area contributed by atoms with Crippen molar-refractivity contribution in [3.63, 3.8) is 0 Å². The van der Waals surface area contributed by atoms with Gasteiger partial charge < -0.3 is 25.2 Å². The number of sulfonamides is 1. The molecule has 1 saturated carbocycles. The molecule has 0 unspecified atom stereocenters. The number of para-hydroxylation sites is 1. The Hall–Kier alpha value is -2.71. The molecule has 2 aliphatic heterocycles. The highest BCUT2D eigenvalue weighted by atomic mass is 35.5. The first-order chi connectivity index (χ1) is 21.6. The fourth-order valence-electron chi connectivity index (χ4n) is 6.48. The smallest absolute Gasteiger partial charge is 0.409 e. The lowest BCUT2D eigenvalue weighted by molar-refractivity contribution is -0.146. The normalized spacial score (nSPS) is 21.3. The van der Waals surface area contributed by atoms with E-state index < -0.39 is 28.2 Å². The molecule has 0 bridgehead atoms. The van der Waals surface area contributed by atoms with Gasteiger partial charge in [0.05, 0.1) is 30.4 Å². The maximum absolute atomic E-state index is 14.5. The van der Waals surface area contributed by atoms with Crippen molar-refractivity contribution in [3.8, 4) is 5.75 Å². The van der Waals surface area contributed by atoms with Crippen LogP contribution in [0.25, 0.3) is 0 Å². The predicted molar refractivity (Wildman–Crippen MR) is 174 cm³/mol. The van der Waals surface area contributed by atoms with Crippen LogP contribution in [-0.4, -0.2) is 97.5 Å². The minimum absolute atomic E-state index is 0.0338. The molecule has 3 amide bonds. The first kappa shape index (κ1) is 33.6. The largest absolute Gasteiger partial charge is 0.415 e. The number of hydrogen-bond acceptors (Lipinski definition) is 8. The molecule has 3 aliphatic rings. The molecule has 0 radical (unpaired) electrons. The lowest BCUT2D eigenvalue weighted by atomic mass is 9.86. The molecule has 0 spiro atoms. The maximum Gasteiger partial charge on any atom is 0.415 e. The van der Waals surface area contributed by atoms with Gasteiger partial charge in [-0.15, -0.1) is 11.3 Å². The van der Waals surface area contributed by atoms with Gasteiger partial charge in [0.2, 0.25) is 21.8 Å². The summed E-state index contributed by atoms with van der Waals surface area (Å²) in [6.07, 6.45) is 6.95. The number of rotatable bonds is 9. The van der Waals surface area contributed by atoms with Crippen molar-refractivity contribution in [2.24, 2.45) is 5.92 Å². The summed E-state index contributed by atoms with van der Waals surface area (Å²) in [6, 6.07) is 9.19. The Labute approximate surface area is 274 Å². The van der Waals surface area contributed by atoms with E-state index in [2.05, 4.69) is 10.6 Å². The van der Waals surface area contributed by atoms with E-state index in [1.807, 2.05) is 17.5 Å². The van der Waals surface area contributed by atoms with Crippen LogP contribution in [-0.2, 0) is 26.2 Å². The van der Waals surface area contributed by atoms with Gasteiger partial charge in [-0.2, -0.15) is 0 Å². The van der Waals surface area contributed by atoms with Crippen LogP contribution in [0, 0.1) is 5.92 Å². The molecule has 2 saturated heterocycles. The highest BCUT2D eigenvalue weighted by Gasteiger charge is 2.43. The third-order valence-electron chi connectivity index (χ3n) is 9.00. The number of ether oxygens (including phenoxy) is 1. The molecule has 3 fully saturated rings. The number of benzene rings is 1. The highest BCUT2D eigenvalue weighted by Crippen LogP contribution is 2.28. The van der Waals surface area contributed by atoms with Crippen molar-refractivity contribution in [3.05, 3.63) is 51.7 Å². The van der Waals surface area contributed by atoms with Crippen LogP contribution < -0.4 is 15.4 Å². The molecule has 5 rings (SSSR count). The summed E-state index contributed by atoms with van der Waals surface area (Å²) in [5.41, 5.74) is 0. The summed E-state index contributed by atoms with van der Waals surface area (Å²) < 4.78 is 31.4. The summed E-state index contributed by atoms with van der Waals surface area (Å²) >= 11 is 7.73. The Morgan fingerprint density at radius 1 is 1.00 bits per heavy atom. The number of halogens is 1. The molecule has 2 atom stereocenters. The average molecular weight is 680 g/mol. The number of thiophene rings is 1. The van der Waals surface area contributed by atoms with Crippen LogP contribution in [0.3, 0.4) is 0 Å².